The Hall–Kier alpha value is -1.56. The molecule has 0 saturated heterocycles. The van der Waals surface area contributed by atoms with E-state index in [2.05, 4.69) is 70.7 Å². The molecule has 0 heterocycles. The van der Waals surface area contributed by atoms with Gasteiger partial charge in [0.05, 0.1) is 0 Å². The van der Waals surface area contributed by atoms with Crippen LogP contribution in [-0.4, -0.2) is 0 Å². The number of hydrogen-bond acceptors (Lipinski definition) is 0. The minimum atomic E-state index is 0.296. The van der Waals surface area contributed by atoms with Gasteiger partial charge in [-0.3, -0.25) is 0 Å². The van der Waals surface area contributed by atoms with Gasteiger partial charge in [0.15, 0.2) is 0 Å². The zero-order chi connectivity index (χ0) is 14.5. The summed E-state index contributed by atoms with van der Waals surface area (Å²) in [5, 5.41) is 0. The summed E-state index contributed by atoms with van der Waals surface area (Å²) in [6, 6.07) is 8.89. The Morgan fingerprint density at radius 3 is 2.16 bits per heavy atom. The zero-order valence-corrected chi connectivity index (χ0v) is 12.9. The van der Waals surface area contributed by atoms with Gasteiger partial charge in [0, 0.05) is 0 Å². The molecule has 0 fully saturated rings. The third-order valence-corrected chi connectivity index (χ3v) is 3.69. The maximum Gasteiger partial charge on any atom is -0.0142 e. The monoisotopic (exact) mass is 254 g/mol. The van der Waals surface area contributed by atoms with Crippen LogP contribution in [0, 0.1) is 5.41 Å². The Morgan fingerprint density at radius 1 is 1.16 bits per heavy atom. The largest absolute Gasteiger partial charge is 0.0990 e. The molecule has 19 heavy (non-hydrogen) atoms. The quantitative estimate of drug-likeness (QED) is 0.580. The average molecular weight is 254 g/mol. The van der Waals surface area contributed by atoms with Gasteiger partial charge in [-0.1, -0.05) is 82.8 Å². The molecule has 0 spiro atoms. The van der Waals surface area contributed by atoms with E-state index in [1.165, 1.54) is 16.7 Å². The van der Waals surface area contributed by atoms with Crippen LogP contribution in [0.5, 0.6) is 0 Å². The lowest BCUT2D eigenvalue weighted by Gasteiger charge is -2.27. The molecule has 102 valence electrons. The predicted molar refractivity (Wildman–Crippen MR) is 87.3 cm³/mol. The Labute approximate surface area is 118 Å². The first-order valence-electron chi connectivity index (χ1n) is 6.96. The van der Waals surface area contributed by atoms with Crippen molar-refractivity contribution >= 4 is 5.57 Å². The van der Waals surface area contributed by atoms with Crippen LogP contribution in [0.4, 0.5) is 0 Å². The molecule has 0 N–H and O–H groups in total. The summed E-state index contributed by atoms with van der Waals surface area (Å²) in [5.74, 6) is 0.551. The first-order valence-corrected chi connectivity index (χ1v) is 6.96. The van der Waals surface area contributed by atoms with Gasteiger partial charge in [0.2, 0.25) is 0 Å². The Balaban J connectivity index is 3.05. The Morgan fingerprint density at radius 2 is 1.74 bits per heavy atom. The fraction of sp³-hybridized carbons (Fsp3) is 0.368. The van der Waals surface area contributed by atoms with Crippen molar-refractivity contribution in [1.29, 1.82) is 0 Å². The molecule has 0 heteroatoms. The van der Waals surface area contributed by atoms with Gasteiger partial charge < -0.3 is 0 Å². The minimum absolute atomic E-state index is 0.296. The summed E-state index contributed by atoms with van der Waals surface area (Å²) in [5.41, 5.74) is 4.13. The molecule has 0 aromatic heterocycles. The lowest BCUT2D eigenvalue weighted by Crippen LogP contribution is -2.15. The molecule has 0 aliphatic heterocycles. The van der Waals surface area contributed by atoms with Gasteiger partial charge in [-0.05, 0) is 35.0 Å². The number of benzene rings is 1. The number of rotatable bonds is 4. The van der Waals surface area contributed by atoms with E-state index in [1.54, 1.807) is 0 Å². The van der Waals surface area contributed by atoms with Crippen LogP contribution in [0.3, 0.4) is 0 Å². The molecule has 1 aromatic rings. The van der Waals surface area contributed by atoms with Gasteiger partial charge in [0.1, 0.15) is 0 Å². The molecule has 0 bridgehead atoms. The average Bonchev–Trinajstić information content (AvgIpc) is 2.37. The van der Waals surface area contributed by atoms with Crippen LogP contribution in [-0.2, 0) is 0 Å². The fourth-order valence-electron chi connectivity index (χ4n) is 2.02. The van der Waals surface area contributed by atoms with Crippen molar-refractivity contribution in [3.8, 4) is 0 Å². The molecule has 0 aliphatic carbocycles. The predicted octanol–water partition coefficient (Wildman–Crippen LogP) is 5.98. The SMILES string of the molecule is C=C/C=C(\C=C/C)c1ccc(C(C)C(C)(C)C)cc1. The molecule has 0 aliphatic rings. The van der Waals surface area contributed by atoms with Crippen LogP contribution in [0.25, 0.3) is 5.57 Å². The van der Waals surface area contributed by atoms with E-state index in [4.69, 9.17) is 0 Å². The van der Waals surface area contributed by atoms with Crippen LogP contribution in [0.1, 0.15) is 51.7 Å². The lowest BCUT2D eigenvalue weighted by molar-refractivity contribution is 0.339. The molecule has 0 amide bonds. The van der Waals surface area contributed by atoms with Crippen LogP contribution >= 0.6 is 0 Å². The Kier molecular flexibility index (Phi) is 5.35. The fourth-order valence-corrected chi connectivity index (χ4v) is 2.02. The standard InChI is InChI=1S/C19H26/c1-7-9-17(10-8-2)18-13-11-16(12-14-18)15(3)19(4,5)6/h7-15H,1H2,2-6H3/b10-8-,17-9+. The van der Waals surface area contributed by atoms with Gasteiger partial charge in [-0.25, -0.2) is 0 Å². The molecule has 1 rings (SSSR count). The molecule has 0 radical (unpaired) electrons. The second kappa shape index (κ2) is 6.56. The van der Waals surface area contributed by atoms with E-state index in [0.29, 0.717) is 11.3 Å². The third kappa shape index (κ3) is 4.24. The van der Waals surface area contributed by atoms with E-state index in [9.17, 15) is 0 Å². The second-order valence-corrected chi connectivity index (χ2v) is 6.07. The van der Waals surface area contributed by atoms with E-state index in [1.807, 2.05) is 19.1 Å². The normalized spacial score (nSPS) is 14.7. The molecular weight excluding hydrogens is 228 g/mol. The smallest absolute Gasteiger partial charge is 0.0142 e. The molecular formula is C19H26. The molecule has 0 nitrogen and oxygen atoms in total. The summed E-state index contributed by atoms with van der Waals surface area (Å²) in [4.78, 5) is 0. The van der Waals surface area contributed by atoms with Gasteiger partial charge in [-0.15, -0.1) is 0 Å². The van der Waals surface area contributed by atoms with E-state index >= 15 is 0 Å². The van der Waals surface area contributed by atoms with Gasteiger partial charge >= 0.3 is 0 Å². The molecule has 1 atom stereocenters. The van der Waals surface area contributed by atoms with E-state index in [-0.39, 0.29) is 0 Å². The van der Waals surface area contributed by atoms with Gasteiger partial charge in [0.25, 0.3) is 0 Å². The molecule has 1 unspecified atom stereocenters. The summed E-state index contributed by atoms with van der Waals surface area (Å²) in [7, 11) is 0. The van der Waals surface area contributed by atoms with Crippen LogP contribution < -0.4 is 0 Å². The van der Waals surface area contributed by atoms with Crippen LogP contribution in [0.2, 0.25) is 0 Å². The van der Waals surface area contributed by atoms with Crippen molar-refractivity contribution in [3.05, 3.63) is 66.3 Å². The highest BCUT2D eigenvalue weighted by atomic mass is 14.3. The van der Waals surface area contributed by atoms with Crippen molar-refractivity contribution in [2.75, 3.05) is 0 Å². The van der Waals surface area contributed by atoms with Crippen molar-refractivity contribution < 1.29 is 0 Å². The summed E-state index contributed by atoms with van der Waals surface area (Å²) in [6.45, 7) is 15.0. The number of allylic oxidation sites excluding steroid dienone is 5. The maximum absolute atomic E-state index is 3.78. The summed E-state index contributed by atoms with van der Waals surface area (Å²) < 4.78 is 0. The molecule has 0 saturated carbocycles. The van der Waals surface area contributed by atoms with Crippen molar-refractivity contribution in [1.82, 2.24) is 0 Å². The maximum atomic E-state index is 3.78. The highest BCUT2D eigenvalue weighted by Crippen LogP contribution is 2.34. The first kappa shape index (κ1) is 15.5. The lowest BCUT2D eigenvalue weighted by atomic mass is 9.77. The van der Waals surface area contributed by atoms with Gasteiger partial charge in [-0.2, -0.15) is 0 Å². The van der Waals surface area contributed by atoms with Crippen molar-refractivity contribution in [3.63, 3.8) is 0 Å². The highest BCUT2D eigenvalue weighted by Gasteiger charge is 2.21. The van der Waals surface area contributed by atoms with E-state index < -0.39 is 0 Å². The Bertz CT molecular complexity index is 464. The zero-order valence-electron chi connectivity index (χ0n) is 12.9. The molecule has 1 aromatic carbocycles. The number of hydrogen-bond donors (Lipinski definition) is 0. The minimum Gasteiger partial charge on any atom is -0.0990 e. The summed E-state index contributed by atoms with van der Waals surface area (Å²) in [6.07, 6.45) is 8.05. The summed E-state index contributed by atoms with van der Waals surface area (Å²) >= 11 is 0. The first-order chi connectivity index (χ1) is 8.90. The van der Waals surface area contributed by atoms with E-state index in [0.717, 1.165) is 0 Å². The topological polar surface area (TPSA) is 0 Å². The van der Waals surface area contributed by atoms with Crippen LogP contribution in [0.15, 0.2) is 55.1 Å². The van der Waals surface area contributed by atoms with Crippen molar-refractivity contribution in [2.45, 2.75) is 40.5 Å². The highest BCUT2D eigenvalue weighted by molar-refractivity contribution is 5.75. The van der Waals surface area contributed by atoms with Crippen molar-refractivity contribution in [2.24, 2.45) is 5.41 Å². The second-order valence-electron chi connectivity index (χ2n) is 6.07. The third-order valence-electron chi connectivity index (χ3n) is 3.69.